The summed E-state index contributed by atoms with van der Waals surface area (Å²) in [7, 11) is 1.92. The molecular weight excluding hydrogens is 404 g/mol. The zero-order valence-electron chi connectivity index (χ0n) is 18.3. The third-order valence-electron chi connectivity index (χ3n) is 6.18. The Bertz CT molecular complexity index is 1130. The van der Waals surface area contributed by atoms with E-state index in [1.165, 1.54) is 0 Å². The maximum Gasteiger partial charge on any atom is 0.325 e. The zero-order chi connectivity index (χ0) is 22.5. The smallest absolute Gasteiger partial charge is 0.325 e. The molecule has 0 spiro atoms. The minimum atomic E-state index is -0.607. The molecule has 1 N–H and O–H groups in total. The molecule has 0 radical (unpaired) electrons. The number of ether oxygens (including phenoxy) is 1. The molecule has 1 aliphatic carbocycles. The number of aryl methyl sites for hydroxylation is 1. The monoisotopic (exact) mass is 432 g/mol. The molecule has 0 atom stereocenters. The van der Waals surface area contributed by atoms with E-state index in [9.17, 15) is 14.4 Å². The average Bonchev–Trinajstić information content (AvgIpc) is 3.14. The fourth-order valence-electron chi connectivity index (χ4n) is 4.55. The Morgan fingerprint density at radius 1 is 0.969 bits per heavy atom. The van der Waals surface area contributed by atoms with Crippen LogP contribution in [0.3, 0.4) is 0 Å². The van der Waals surface area contributed by atoms with Crippen molar-refractivity contribution in [2.75, 3.05) is 13.2 Å². The van der Waals surface area contributed by atoms with E-state index in [4.69, 9.17) is 4.74 Å². The Balaban J connectivity index is 1.46. The van der Waals surface area contributed by atoms with Crippen LogP contribution in [0.25, 0.3) is 22.2 Å². The van der Waals surface area contributed by atoms with Crippen LogP contribution >= 0.6 is 0 Å². The summed E-state index contributed by atoms with van der Waals surface area (Å²) in [6.45, 7) is -0.588. The van der Waals surface area contributed by atoms with E-state index in [1.54, 1.807) is 0 Å². The molecular formula is C26H28N2O4. The number of fused-ring (bicyclic) bond motifs is 1. The number of esters is 1. The number of nitrogens with one attached hydrogen (secondary N) is 1. The highest BCUT2D eigenvalue weighted by atomic mass is 16.5. The van der Waals surface area contributed by atoms with Gasteiger partial charge in [-0.25, -0.2) is 0 Å². The van der Waals surface area contributed by atoms with Gasteiger partial charge in [0, 0.05) is 23.9 Å². The van der Waals surface area contributed by atoms with Crippen molar-refractivity contribution in [2.24, 2.45) is 13.0 Å². The molecule has 4 rings (SSSR count). The van der Waals surface area contributed by atoms with Gasteiger partial charge >= 0.3 is 5.97 Å². The van der Waals surface area contributed by atoms with Gasteiger partial charge in [0.1, 0.15) is 6.54 Å². The lowest BCUT2D eigenvalue weighted by molar-refractivity contribution is -0.143. The maximum absolute atomic E-state index is 13.2. The topological polar surface area (TPSA) is 77.4 Å². The van der Waals surface area contributed by atoms with Gasteiger partial charge in [-0.3, -0.25) is 14.4 Å². The Hall–Kier alpha value is -3.41. The molecule has 1 amide bonds. The quantitative estimate of drug-likeness (QED) is 0.447. The van der Waals surface area contributed by atoms with E-state index >= 15 is 0 Å². The third-order valence-corrected chi connectivity index (χ3v) is 6.18. The van der Waals surface area contributed by atoms with Gasteiger partial charge in [0.05, 0.1) is 11.3 Å². The van der Waals surface area contributed by atoms with E-state index in [0.29, 0.717) is 5.56 Å². The maximum atomic E-state index is 13.2. The van der Waals surface area contributed by atoms with Crippen molar-refractivity contribution < 1.29 is 19.1 Å². The Morgan fingerprint density at radius 3 is 2.41 bits per heavy atom. The first kappa shape index (κ1) is 21.8. The first-order chi connectivity index (χ1) is 15.6. The molecule has 0 unspecified atom stereocenters. The molecule has 6 heteroatoms. The van der Waals surface area contributed by atoms with Gasteiger partial charge in [-0.05, 0) is 24.5 Å². The number of Topliss-reactive ketones (excluding diaryl/α,β-unsaturated/α-hetero) is 1. The summed E-state index contributed by atoms with van der Waals surface area (Å²) in [6.07, 6.45) is 4.98. The van der Waals surface area contributed by atoms with Crippen molar-refractivity contribution in [1.82, 2.24) is 9.88 Å². The molecule has 1 heterocycles. The number of benzene rings is 2. The van der Waals surface area contributed by atoms with Crippen LogP contribution < -0.4 is 5.32 Å². The van der Waals surface area contributed by atoms with Crippen molar-refractivity contribution in [3.05, 3.63) is 60.2 Å². The fraction of sp³-hybridized carbons (Fsp3) is 0.346. The SMILES string of the molecule is Cn1c(-c2ccccc2)c(C(=O)COC(=O)CNC(=O)C2CCCCC2)c2ccccc21. The predicted octanol–water partition coefficient (Wildman–Crippen LogP) is 4.27. The van der Waals surface area contributed by atoms with Crippen LogP contribution in [0.2, 0.25) is 0 Å². The summed E-state index contributed by atoms with van der Waals surface area (Å²) < 4.78 is 7.22. The lowest BCUT2D eigenvalue weighted by Gasteiger charge is -2.20. The number of hydrogen-bond acceptors (Lipinski definition) is 4. The minimum absolute atomic E-state index is 0.0257. The standard InChI is InChI=1S/C26H28N2O4/c1-28-21-15-9-8-14-20(21)24(25(28)18-10-4-2-5-11-18)22(29)17-32-23(30)16-27-26(31)19-12-6-3-7-13-19/h2,4-5,8-11,14-15,19H,3,6-7,12-13,16-17H2,1H3,(H,27,31). The van der Waals surface area contributed by atoms with E-state index in [-0.39, 0.29) is 30.8 Å². The number of amides is 1. The Morgan fingerprint density at radius 2 is 1.66 bits per heavy atom. The van der Waals surface area contributed by atoms with Crippen molar-refractivity contribution in [1.29, 1.82) is 0 Å². The number of aromatic nitrogens is 1. The number of para-hydroxylation sites is 1. The van der Waals surface area contributed by atoms with Crippen LogP contribution in [0.5, 0.6) is 0 Å². The Kier molecular flexibility index (Phi) is 6.69. The van der Waals surface area contributed by atoms with Crippen molar-refractivity contribution in [3.63, 3.8) is 0 Å². The van der Waals surface area contributed by atoms with Crippen molar-refractivity contribution in [2.45, 2.75) is 32.1 Å². The van der Waals surface area contributed by atoms with Gasteiger partial charge in [-0.1, -0.05) is 67.8 Å². The summed E-state index contributed by atoms with van der Waals surface area (Å²) >= 11 is 0. The average molecular weight is 433 g/mol. The molecule has 0 aliphatic heterocycles. The zero-order valence-corrected chi connectivity index (χ0v) is 18.3. The van der Waals surface area contributed by atoms with Crippen LogP contribution in [0, 0.1) is 5.92 Å². The van der Waals surface area contributed by atoms with E-state index in [2.05, 4.69) is 5.32 Å². The van der Waals surface area contributed by atoms with Crippen LogP contribution in [0.1, 0.15) is 42.5 Å². The summed E-state index contributed by atoms with van der Waals surface area (Å²) in [4.78, 5) is 37.6. The normalized spacial score (nSPS) is 14.3. The summed E-state index contributed by atoms with van der Waals surface area (Å²) in [5.74, 6) is -1.01. The van der Waals surface area contributed by atoms with Gasteiger partial charge in [0.15, 0.2) is 6.61 Å². The molecule has 0 bridgehead atoms. The molecule has 6 nitrogen and oxygen atoms in total. The van der Waals surface area contributed by atoms with Crippen LogP contribution in [-0.2, 0) is 21.4 Å². The minimum Gasteiger partial charge on any atom is -0.456 e. The molecule has 166 valence electrons. The summed E-state index contributed by atoms with van der Waals surface area (Å²) in [5.41, 5.74) is 3.17. The van der Waals surface area contributed by atoms with E-state index in [1.807, 2.05) is 66.2 Å². The summed E-state index contributed by atoms with van der Waals surface area (Å²) in [5, 5.41) is 3.48. The largest absolute Gasteiger partial charge is 0.456 e. The number of carbonyl (C=O) groups is 3. The number of ketones is 1. The molecule has 3 aromatic rings. The molecule has 1 saturated carbocycles. The number of nitrogens with zero attached hydrogens (tertiary/aromatic N) is 1. The highest BCUT2D eigenvalue weighted by Crippen LogP contribution is 2.33. The molecule has 1 aliphatic rings. The lowest BCUT2D eigenvalue weighted by Crippen LogP contribution is -2.36. The van der Waals surface area contributed by atoms with Gasteiger partial charge in [-0.2, -0.15) is 0 Å². The first-order valence-corrected chi connectivity index (χ1v) is 11.2. The molecule has 0 saturated heterocycles. The number of hydrogen-bond donors (Lipinski definition) is 1. The molecule has 2 aromatic carbocycles. The second kappa shape index (κ2) is 9.81. The van der Waals surface area contributed by atoms with Gasteiger partial charge in [0.25, 0.3) is 0 Å². The highest BCUT2D eigenvalue weighted by Gasteiger charge is 2.24. The summed E-state index contributed by atoms with van der Waals surface area (Å²) in [6, 6.07) is 17.4. The van der Waals surface area contributed by atoms with E-state index < -0.39 is 5.97 Å². The second-order valence-electron chi connectivity index (χ2n) is 8.30. The fourth-order valence-corrected chi connectivity index (χ4v) is 4.55. The van der Waals surface area contributed by atoms with Crippen LogP contribution in [0.15, 0.2) is 54.6 Å². The molecule has 1 aromatic heterocycles. The van der Waals surface area contributed by atoms with Crippen molar-refractivity contribution in [3.8, 4) is 11.3 Å². The van der Waals surface area contributed by atoms with Gasteiger partial charge in [-0.15, -0.1) is 0 Å². The molecule has 32 heavy (non-hydrogen) atoms. The van der Waals surface area contributed by atoms with Crippen LogP contribution in [0.4, 0.5) is 0 Å². The van der Waals surface area contributed by atoms with Crippen molar-refractivity contribution >= 4 is 28.6 Å². The highest BCUT2D eigenvalue weighted by molar-refractivity contribution is 6.14. The second-order valence-corrected chi connectivity index (χ2v) is 8.30. The van der Waals surface area contributed by atoms with Crippen LogP contribution in [-0.4, -0.2) is 35.4 Å². The predicted molar refractivity (Wildman–Crippen MR) is 123 cm³/mol. The van der Waals surface area contributed by atoms with E-state index in [0.717, 1.165) is 54.3 Å². The first-order valence-electron chi connectivity index (χ1n) is 11.2. The lowest BCUT2D eigenvalue weighted by atomic mass is 9.89. The number of carbonyl (C=O) groups excluding carboxylic acids is 3. The van der Waals surface area contributed by atoms with Gasteiger partial charge in [0.2, 0.25) is 11.7 Å². The Labute approximate surface area is 187 Å². The number of rotatable bonds is 7. The molecule has 1 fully saturated rings. The third kappa shape index (κ3) is 4.59. The van der Waals surface area contributed by atoms with Gasteiger partial charge < -0.3 is 14.6 Å².